The van der Waals surface area contributed by atoms with E-state index in [2.05, 4.69) is 46.0 Å². The molecule has 192 valence electrons. The molecule has 0 spiro atoms. The molecule has 1 N–H and O–H groups in total. The predicted octanol–water partition coefficient (Wildman–Crippen LogP) is 11.5. The second-order valence-corrected chi connectivity index (χ2v) is 12.1. The van der Waals surface area contributed by atoms with E-state index in [-0.39, 0.29) is 0 Å². The van der Waals surface area contributed by atoms with Gasteiger partial charge < -0.3 is 4.98 Å². The zero-order chi connectivity index (χ0) is 23.8. The average molecular weight is 531 g/mol. The molecule has 1 unspecified atom stereocenters. The molecule has 1 heterocycles. The highest BCUT2D eigenvalue weighted by Crippen LogP contribution is 2.34. The minimum atomic E-state index is 0.894. The number of aryl methyl sites for hydroxylation is 1. The van der Waals surface area contributed by atoms with Crippen molar-refractivity contribution in [1.82, 2.24) is 4.98 Å². The number of fused-ring (bicyclic) bond motifs is 3. The van der Waals surface area contributed by atoms with Crippen molar-refractivity contribution in [2.75, 3.05) is 0 Å². The first-order valence-corrected chi connectivity index (χ1v) is 15.9. The van der Waals surface area contributed by atoms with Gasteiger partial charge in [-0.1, -0.05) is 145 Å². The number of benzene rings is 1. The summed E-state index contributed by atoms with van der Waals surface area (Å²) < 4.78 is 1.20. The van der Waals surface area contributed by atoms with Crippen LogP contribution in [0.3, 0.4) is 0 Å². The Balaban J connectivity index is 1.10. The van der Waals surface area contributed by atoms with Crippen LogP contribution in [0, 0.1) is 5.92 Å². The molecule has 34 heavy (non-hydrogen) atoms. The molecule has 1 aromatic carbocycles. The van der Waals surface area contributed by atoms with Crippen molar-refractivity contribution in [2.24, 2.45) is 5.92 Å². The van der Waals surface area contributed by atoms with Crippen LogP contribution in [-0.2, 0) is 12.8 Å². The highest BCUT2D eigenvalue weighted by atomic mass is 79.9. The Kier molecular flexibility index (Phi) is 13.8. The van der Waals surface area contributed by atoms with E-state index in [4.69, 9.17) is 0 Å². The van der Waals surface area contributed by atoms with Gasteiger partial charge >= 0.3 is 0 Å². The van der Waals surface area contributed by atoms with Crippen molar-refractivity contribution < 1.29 is 0 Å². The number of hydrogen-bond acceptors (Lipinski definition) is 0. The quantitative estimate of drug-likeness (QED) is 0.174. The van der Waals surface area contributed by atoms with Crippen molar-refractivity contribution in [3.05, 3.63) is 33.9 Å². The summed E-state index contributed by atoms with van der Waals surface area (Å²) in [6.07, 6.45) is 31.6. The Bertz CT molecular complexity index is 792. The normalized spacial score (nSPS) is 15.8. The smallest absolute Gasteiger partial charge is 0.0459 e. The van der Waals surface area contributed by atoms with E-state index in [1.807, 2.05) is 0 Å². The first-order chi connectivity index (χ1) is 16.8. The van der Waals surface area contributed by atoms with Gasteiger partial charge in [-0.2, -0.15) is 0 Å². The third-order valence-electron chi connectivity index (χ3n) is 8.22. The molecule has 1 atom stereocenters. The second kappa shape index (κ2) is 16.8. The Labute approximate surface area is 219 Å². The van der Waals surface area contributed by atoms with Crippen LogP contribution >= 0.6 is 15.9 Å². The molecule has 0 radical (unpaired) electrons. The summed E-state index contributed by atoms with van der Waals surface area (Å²) >= 11 is 3.64. The predicted molar refractivity (Wildman–Crippen MR) is 155 cm³/mol. The van der Waals surface area contributed by atoms with Gasteiger partial charge in [0, 0.05) is 21.1 Å². The molecule has 1 aromatic heterocycles. The zero-order valence-corrected chi connectivity index (χ0v) is 23.8. The molecule has 2 heteroatoms. The number of unbranched alkanes of at least 4 members (excludes halogenated alkanes) is 17. The molecule has 0 saturated heterocycles. The van der Waals surface area contributed by atoms with Crippen molar-refractivity contribution in [1.29, 1.82) is 0 Å². The standard InChI is InChI=1S/C32H52BrN/c1-2-3-4-5-6-7-8-9-10-11-12-13-14-15-16-17-18-19-20-27-21-23-29-30-26-28(33)22-24-31(30)34-32(29)25-27/h22,24,26-27,34H,2-21,23,25H2,1H3. The fraction of sp³-hybridized carbons (Fsp3) is 0.750. The fourth-order valence-electron chi connectivity index (χ4n) is 6.06. The van der Waals surface area contributed by atoms with E-state index in [9.17, 15) is 0 Å². The maximum atomic E-state index is 3.71. The molecule has 3 rings (SSSR count). The van der Waals surface area contributed by atoms with Gasteiger partial charge in [-0.15, -0.1) is 0 Å². The maximum absolute atomic E-state index is 3.71. The Morgan fingerprint density at radius 2 is 1.26 bits per heavy atom. The van der Waals surface area contributed by atoms with Gasteiger partial charge in [0.1, 0.15) is 0 Å². The first kappa shape index (κ1) is 27.8. The van der Waals surface area contributed by atoms with Crippen molar-refractivity contribution in [3.63, 3.8) is 0 Å². The molecule has 0 fully saturated rings. The van der Waals surface area contributed by atoms with Crippen LogP contribution < -0.4 is 0 Å². The van der Waals surface area contributed by atoms with Crippen molar-refractivity contribution in [3.8, 4) is 0 Å². The summed E-state index contributed by atoms with van der Waals surface area (Å²) in [5.41, 5.74) is 4.43. The SMILES string of the molecule is CCCCCCCCCCCCCCCCCCCCC1CCc2c([nH]c3ccc(Br)cc23)C1. The monoisotopic (exact) mass is 529 g/mol. The largest absolute Gasteiger partial charge is 0.358 e. The van der Waals surface area contributed by atoms with Crippen molar-refractivity contribution in [2.45, 2.75) is 148 Å². The average Bonchev–Trinajstić information content (AvgIpc) is 3.20. The molecule has 0 saturated carbocycles. The van der Waals surface area contributed by atoms with E-state index in [1.165, 1.54) is 162 Å². The van der Waals surface area contributed by atoms with Gasteiger partial charge in [-0.3, -0.25) is 0 Å². The topological polar surface area (TPSA) is 15.8 Å². The molecule has 0 amide bonds. The lowest BCUT2D eigenvalue weighted by Gasteiger charge is -2.22. The lowest BCUT2D eigenvalue weighted by molar-refractivity contribution is 0.401. The highest BCUT2D eigenvalue weighted by molar-refractivity contribution is 9.10. The lowest BCUT2D eigenvalue weighted by Crippen LogP contribution is -2.13. The summed E-state index contributed by atoms with van der Waals surface area (Å²) in [5, 5.41) is 1.44. The molecule has 0 aliphatic heterocycles. The summed E-state index contributed by atoms with van der Waals surface area (Å²) in [5.74, 6) is 0.894. The van der Waals surface area contributed by atoms with Crippen LogP contribution in [0.4, 0.5) is 0 Å². The van der Waals surface area contributed by atoms with E-state index in [1.54, 1.807) is 5.56 Å². The minimum Gasteiger partial charge on any atom is -0.358 e. The molecule has 1 aliphatic carbocycles. The minimum absolute atomic E-state index is 0.894. The summed E-state index contributed by atoms with van der Waals surface area (Å²) in [6.45, 7) is 2.30. The number of nitrogens with one attached hydrogen (secondary N) is 1. The number of halogens is 1. The van der Waals surface area contributed by atoms with Gasteiger partial charge in [0.2, 0.25) is 0 Å². The summed E-state index contributed by atoms with van der Waals surface area (Å²) in [4.78, 5) is 3.71. The van der Waals surface area contributed by atoms with Crippen LogP contribution in [0.15, 0.2) is 22.7 Å². The van der Waals surface area contributed by atoms with Gasteiger partial charge in [0.25, 0.3) is 0 Å². The van der Waals surface area contributed by atoms with E-state index < -0.39 is 0 Å². The van der Waals surface area contributed by atoms with Crippen LogP contribution in [0.5, 0.6) is 0 Å². The fourth-order valence-corrected chi connectivity index (χ4v) is 6.42. The number of aromatic nitrogens is 1. The Morgan fingerprint density at radius 1 is 0.735 bits per heavy atom. The number of rotatable bonds is 19. The van der Waals surface area contributed by atoms with Crippen LogP contribution in [0.2, 0.25) is 0 Å². The third kappa shape index (κ3) is 10.1. The highest BCUT2D eigenvalue weighted by Gasteiger charge is 2.22. The lowest BCUT2D eigenvalue weighted by atomic mass is 9.84. The third-order valence-corrected chi connectivity index (χ3v) is 8.71. The van der Waals surface area contributed by atoms with E-state index in [0.717, 1.165) is 5.92 Å². The molecule has 2 aromatic rings. The molecule has 0 bridgehead atoms. The maximum Gasteiger partial charge on any atom is 0.0459 e. The van der Waals surface area contributed by atoms with Gasteiger partial charge in [-0.05, 0) is 48.9 Å². The van der Waals surface area contributed by atoms with Crippen LogP contribution in [0.1, 0.15) is 147 Å². The summed E-state index contributed by atoms with van der Waals surface area (Å²) in [7, 11) is 0. The van der Waals surface area contributed by atoms with E-state index >= 15 is 0 Å². The number of aromatic amines is 1. The zero-order valence-electron chi connectivity index (χ0n) is 22.2. The number of H-pyrrole nitrogens is 1. The molecule has 1 aliphatic rings. The molecule has 1 nitrogen and oxygen atoms in total. The van der Waals surface area contributed by atoms with Crippen LogP contribution in [0.25, 0.3) is 10.9 Å². The first-order valence-electron chi connectivity index (χ1n) is 15.1. The number of hydrogen-bond donors (Lipinski definition) is 1. The van der Waals surface area contributed by atoms with Crippen molar-refractivity contribution >= 4 is 26.8 Å². The Hall–Kier alpha value is -0.760. The molecular weight excluding hydrogens is 478 g/mol. The van der Waals surface area contributed by atoms with Gasteiger partial charge in [0.05, 0.1) is 0 Å². The molecular formula is C32H52BrN. The second-order valence-electron chi connectivity index (χ2n) is 11.2. The van der Waals surface area contributed by atoms with Crippen LogP contribution in [-0.4, -0.2) is 4.98 Å². The van der Waals surface area contributed by atoms with Gasteiger partial charge in [0.15, 0.2) is 0 Å². The van der Waals surface area contributed by atoms with E-state index in [0.29, 0.717) is 0 Å². The van der Waals surface area contributed by atoms with Gasteiger partial charge in [-0.25, -0.2) is 0 Å². The Morgan fingerprint density at radius 3 is 1.82 bits per heavy atom. The summed E-state index contributed by atoms with van der Waals surface area (Å²) in [6, 6.07) is 6.67.